The standard InChI is InChI=1S/C68H38BrN4O2.Ir/c69-49-15-11-14-42(37-49)68-72-40-48(41-73-68)55-21-6-5-20-54(55)47-35-45(52-18-3-1-16-50(52)43-30-32-62(70-38-43)60-26-12-24-58-56-22-7-9-28-64(56)74-66(58)60)34-46(36-47)53-19-4-2-17-51(53)44-31-33-63(71-39-44)61-27-13-25-59-57-23-8-10-29-65(57)75-67(59)61;/h1-13,15-25,28-41H;/q-3;+3. The molecule has 0 atom stereocenters. The third-order valence-electron chi connectivity index (χ3n) is 14.0. The molecule has 14 aromatic rings. The van der Waals surface area contributed by atoms with Crippen LogP contribution in [0.15, 0.2) is 244 Å². The van der Waals surface area contributed by atoms with Gasteiger partial charge in [0.05, 0.1) is 17.0 Å². The van der Waals surface area contributed by atoms with Gasteiger partial charge in [-0.05, 0) is 103 Å². The van der Waals surface area contributed by atoms with E-state index >= 15 is 0 Å². The minimum absolute atomic E-state index is 0. The third kappa shape index (κ3) is 8.43. The van der Waals surface area contributed by atoms with Crippen LogP contribution < -0.4 is 0 Å². The summed E-state index contributed by atoms with van der Waals surface area (Å²) in [6, 6.07) is 81.0. The van der Waals surface area contributed by atoms with Crippen LogP contribution in [0.4, 0.5) is 0 Å². The molecule has 0 fully saturated rings. The van der Waals surface area contributed by atoms with Gasteiger partial charge in [-0.3, -0.25) is 9.97 Å². The Kier molecular flexibility index (Phi) is 12.2. The first-order valence-corrected chi connectivity index (χ1v) is 25.4. The molecule has 9 aromatic carbocycles. The van der Waals surface area contributed by atoms with Crippen molar-refractivity contribution in [3.05, 3.63) is 254 Å². The first-order valence-electron chi connectivity index (χ1n) is 24.6. The second-order valence-corrected chi connectivity index (χ2v) is 19.3. The molecule has 6 nitrogen and oxygen atoms in total. The summed E-state index contributed by atoms with van der Waals surface area (Å²) in [7, 11) is 0. The number of hydrogen-bond donors (Lipinski definition) is 0. The molecule has 0 aliphatic carbocycles. The van der Waals surface area contributed by atoms with Crippen LogP contribution in [0.3, 0.4) is 0 Å². The molecular formula is C68H38BrIrN4O2. The number of aromatic nitrogens is 4. The van der Waals surface area contributed by atoms with Gasteiger partial charge < -0.3 is 18.8 Å². The summed E-state index contributed by atoms with van der Waals surface area (Å²) < 4.78 is 13.7. The number of para-hydroxylation sites is 2. The fourth-order valence-electron chi connectivity index (χ4n) is 10.4. The van der Waals surface area contributed by atoms with Gasteiger partial charge in [0.1, 0.15) is 11.2 Å². The summed E-state index contributed by atoms with van der Waals surface area (Å²) >= 11 is 3.58. The number of benzene rings is 9. The van der Waals surface area contributed by atoms with Crippen molar-refractivity contribution in [3.63, 3.8) is 0 Å². The Hall–Kier alpha value is -8.91. The molecule has 14 rings (SSSR count). The van der Waals surface area contributed by atoms with E-state index in [0.29, 0.717) is 5.82 Å². The van der Waals surface area contributed by atoms with Crippen molar-refractivity contribution in [1.29, 1.82) is 0 Å². The van der Waals surface area contributed by atoms with Gasteiger partial charge in [-0.1, -0.05) is 176 Å². The molecule has 0 unspecified atom stereocenters. The van der Waals surface area contributed by atoms with Gasteiger partial charge in [0.2, 0.25) is 0 Å². The molecule has 0 aliphatic rings. The van der Waals surface area contributed by atoms with Crippen LogP contribution in [0.5, 0.6) is 0 Å². The van der Waals surface area contributed by atoms with Crippen molar-refractivity contribution in [1.82, 2.24) is 19.9 Å². The second-order valence-electron chi connectivity index (χ2n) is 18.4. The molecule has 5 heterocycles. The molecule has 0 aliphatic heterocycles. The maximum atomic E-state index is 6.38. The molecule has 0 spiro atoms. The second kappa shape index (κ2) is 19.7. The van der Waals surface area contributed by atoms with Crippen molar-refractivity contribution in [2.75, 3.05) is 0 Å². The van der Waals surface area contributed by atoms with Crippen molar-refractivity contribution in [2.24, 2.45) is 0 Å². The molecule has 0 saturated carbocycles. The molecule has 358 valence electrons. The Bertz CT molecular complexity index is 4270. The van der Waals surface area contributed by atoms with Crippen LogP contribution in [-0.2, 0) is 20.1 Å². The molecule has 76 heavy (non-hydrogen) atoms. The topological polar surface area (TPSA) is 77.8 Å². The van der Waals surface area contributed by atoms with Gasteiger partial charge in [0.15, 0.2) is 0 Å². The average Bonchev–Trinajstić information content (AvgIpc) is 4.07. The first kappa shape index (κ1) is 46.8. The van der Waals surface area contributed by atoms with E-state index in [-0.39, 0.29) is 20.1 Å². The molecule has 0 radical (unpaired) electrons. The third-order valence-corrected chi connectivity index (χ3v) is 14.4. The Morgan fingerprint density at radius 3 is 1.17 bits per heavy atom. The predicted molar refractivity (Wildman–Crippen MR) is 305 cm³/mol. The van der Waals surface area contributed by atoms with Crippen LogP contribution >= 0.6 is 15.9 Å². The zero-order chi connectivity index (χ0) is 49.8. The fraction of sp³-hybridized carbons (Fsp3) is 0. The Morgan fingerprint density at radius 2 is 0.737 bits per heavy atom. The van der Waals surface area contributed by atoms with Gasteiger partial charge in [-0.15, -0.1) is 66.2 Å². The number of nitrogens with zero attached hydrogens (tertiary/aromatic N) is 4. The van der Waals surface area contributed by atoms with E-state index in [1.807, 2.05) is 91.5 Å². The summed E-state index contributed by atoms with van der Waals surface area (Å²) in [6.45, 7) is 0. The number of halogens is 1. The van der Waals surface area contributed by atoms with Crippen LogP contribution in [0, 0.1) is 18.2 Å². The molecule has 5 aromatic heterocycles. The van der Waals surface area contributed by atoms with E-state index in [1.54, 1.807) is 0 Å². The summed E-state index contributed by atoms with van der Waals surface area (Å²) in [5, 5.41) is 4.23. The fourth-order valence-corrected chi connectivity index (χ4v) is 10.8. The maximum absolute atomic E-state index is 6.38. The maximum Gasteiger partial charge on any atom is 3.00 e. The largest absolute Gasteiger partial charge is 3.00 e. The smallest absolute Gasteiger partial charge is 0.501 e. The van der Waals surface area contributed by atoms with Crippen molar-refractivity contribution < 1.29 is 28.9 Å². The van der Waals surface area contributed by atoms with Crippen molar-refractivity contribution in [2.45, 2.75) is 0 Å². The number of pyridine rings is 2. The van der Waals surface area contributed by atoms with Crippen LogP contribution in [-0.4, -0.2) is 19.9 Å². The van der Waals surface area contributed by atoms with E-state index in [1.165, 1.54) is 0 Å². The Labute approximate surface area is 459 Å². The summed E-state index contributed by atoms with van der Waals surface area (Å²) in [6.07, 6.45) is 7.71. The first-order chi connectivity index (χ1) is 37.1. The molecule has 0 N–H and O–H groups in total. The van der Waals surface area contributed by atoms with E-state index in [4.69, 9.17) is 28.8 Å². The number of fused-ring (bicyclic) bond motifs is 6. The summed E-state index contributed by atoms with van der Waals surface area (Å²) in [5.74, 6) is 0.606. The average molecular weight is 1220 g/mol. The number of furan rings is 2. The van der Waals surface area contributed by atoms with E-state index in [2.05, 4.69) is 174 Å². The zero-order valence-corrected chi connectivity index (χ0v) is 44.2. The molecule has 0 amide bonds. The van der Waals surface area contributed by atoms with E-state index in [9.17, 15) is 0 Å². The van der Waals surface area contributed by atoms with Crippen LogP contribution in [0.25, 0.3) is 145 Å². The summed E-state index contributed by atoms with van der Waals surface area (Å²) in [5.41, 5.74) is 19.6. The SMILES string of the molecule is Brc1cc[c-]c(-c2ncc(-c3ccccc3-c3cc(-c4ccccc4-c4ccc(-c5[c-]ccc6c5oc5ccccc56)nc4)cc(-c4ccccc4-c4ccc(-c5[c-]ccc6c5oc5ccccc56)nc4)c3)cn2)c1.[Ir+3]. The minimum atomic E-state index is 0. The van der Waals surface area contributed by atoms with Crippen LogP contribution in [0.2, 0.25) is 0 Å². The molecular weight excluding hydrogens is 1180 g/mol. The Morgan fingerprint density at radius 1 is 0.342 bits per heavy atom. The number of rotatable bonds is 9. The van der Waals surface area contributed by atoms with Gasteiger partial charge in [-0.2, -0.15) is 0 Å². The van der Waals surface area contributed by atoms with Gasteiger partial charge in [-0.25, -0.2) is 0 Å². The quantitative estimate of drug-likeness (QED) is 0.134. The minimum Gasteiger partial charge on any atom is -0.501 e. The Balaban J connectivity index is 0.00000553. The van der Waals surface area contributed by atoms with Gasteiger partial charge >= 0.3 is 20.1 Å². The monoisotopic (exact) mass is 1210 g/mol. The van der Waals surface area contributed by atoms with Gasteiger partial charge in [0, 0.05) is 41.1 Å². The normalized spacial score (nSPS) is 11.4. The van der Waals surface area contributed by atoms with Crippen LogP contribution in [0.1, 0.15) is 0 Å². The molecule has 8 heteroatoms. The van der Waals surface area contributed by atoms with Crippen molar-refractivity contribution >= 4 is 59.8 Å². The van der Waals surface area contributed by atoms with Crippen molar-refractivity contribution in [3.8, 4) is 101 Å². The summed E-state index contributed by atoms with van der Waals surface area (Å²) in [4.78, 5) is 19.8. The van der Waals surface area contributed by atoms with E-state index in [0.717, 1.165) is 143 Å². The molecule has 0 bridgehead atoms. The number of hydrogen-bond acceptors (Lipinski definition) is 6. The molecule has 0 saturated heterocycles. The van der Waals surface area contributed by atoms with Gasteiger partial charge in [0.25, 0.3) is 0 Å². The van der Waals surface area contributed by atoms with E-state index < -0.39 is 0 Å². The zero-order valence-electron chi connectivity index (χ0n) is 40.3. The predicted octanol–water partition coefficient (Wildman–Crippen LogP) is 18.2.